The van der Waals surface area contributed by atoms with Crippen LogP contribution in [-0.4, -0.2) is 26.3 Å². The van der Waals surface area contributed by atoms with Gasteiger partial charge in [0.2, 0.25) is 5.91 Å². The summed E-state index contributed by atoms with van der Waals surface area (Å²) in [5.41, 5.74) is 7.86. The number of hydrogen-bond donors (Lipinski definition) is 2. The highest BCUT2D eigenvalue weighted by atomic mass is 35.5. The normalized spacial score (nSPS) is 16.3. The average Bonchev–Trinajstić information content (AvgIpc) is 2.53. The lowest BCUT2D eigenvalue weighted by Crippen LogP contribution is -2.21. The molecule has 7 heteroatoms. The molecule has 0 aliphatic carbocycles. The molecule has 5 nitrogen and oxygen atoms in total. The molecule has 0 fully saturated rings. The maximum atomic E-state index is 11.2. The van der Waals surface area contributed by atoms with E-state index in [9.17, 15) is 13.2 Å². The van der Waals surface area contributed by atoms with Gasteiger partial charge < -0.3 is 11.1 Å². The quantitative estimate of drug-likeness (QED) is 0.864. The van der Waals surface area contributed by atoms with E-state index in [1.165, 1.54) is 0 Å². The van der Waals surface area contributed by atoms with Gasteiger partial charge in [-0.15, -0.1) is 0 Å². The second-order valence-electron chi connectivity index (χ2n) is 4.45. The zero-order valence-corrected chi connectivity index (χ0v) is 11.3. The Morgan fingerprint density at radius 1 is 1.50 bits per heavy atom. The Balaban J connectivity index is 2.35. The molecule has 1 aromatic carbocycles. The number of sulfone groups is 1. The topological polar surface area (TPSA) is 89.3 Å². The number of fused-ring (bicyclic) bond motifs is 1. The number of amides is 1. The second kappa shape index (κ2) is 4.53. The van der Waals surface area contributed by atoms with E-state index < -0.39 is 15.9 Å². The van der Waals surface area contributed by atoms with Crippen molar-refractivity contribution in [2.75, 3.05) is 17.3 Å². The van der Waals surface area contributed by atoms with Crippen LogP contribution in [0.3, 0.4) is 0 Å². The molecule has 0 spiro atoms. The molecule has 1 aromatic rings. The van der Waals surface area contributed by atoms with Crippen LogP contribution in [0.25, 0.3) is 0 Å². The van der Waals surface area contributed by atoms with E-state index in [1.54, 1.807) is 12.1 Å². The Labute approximate surface area is 110 Å². The number of anilines is 1. The molecule has 18 heavy (non-hydrogen) atoms. The first-order valence-corrected chi connectivity index (χ1v) is 7.75. The smallest absolute Gasteiger partial charge is 0.228 e. The highest BCUT2D eigenvalue weighted by Crippen LogP contribution is 2.32. The third-order valence-electron chi connectivity index (χ3n) is 2.73. The van der Waals surface area contributed by atoms with E-state index in [-0.39, 0.29) is 18.1 Å². The Bertz CT molecular complexity index is 613. The van der Waals surface area contributed by atoms with E-state index in [0.29, 0.717) is 16.3 Å². The van der Waals surface area contributed by atoms with Gasteiger partial charge in [0, 0.05) is 23.0 Å². The van der Waals surface area contributed by atoms with E-state index in [0.717, 1.165) is 11.8 Å². The number of nitrogens with two attached hydrogens (primary N) is 1. The average molecular weight is 289 g/mol. The second-order valence-corrected chi connectivity index (χ2v) is 7.05. The Hall–Kier alpha value is -1.11. The van der Waals surface area contributed by atoms with Crippen LogP contribution in [0.5, 0.6) is 0 Å². The van der Waals surface area contributed by atoms with Crippen molar-refractivity contribution in [2.24, 2.45) is 5.73 Å². The fourth-order valence-corrected chi connectivity index (χ4v) is 3.10. The molecule has 0 bridgehead atoms. The van der Waals surface area contributed by atoms with Crippen molar-refractivity contribution in [3.8, 4) is 0 Å². The number of rotatable bonds is 3. The first-order chi connectivity index (χ1) is 8.26. The molecule has 0 radical (unpaired) electrons. The molecule has 1 heterocycles. The van der Waals surface area contributed by atoms with E-state index in [4.69, 9.17) is 17.3 Å². The van der Waals surface area contributed by atoms with Crippen molar-refractivity contribution in [3.63, 3.8) is 0 Å². The highest BCUT2D eigenvalue weighted by molar-refractivity contribution is 7.90. The maximum Gasteiger partial charge on any atom is 0.228 e. The van der Waals surface area contributed by atoms with Crippen LogP contribution >= 0.6 is 11.6 Å². The first-order valence-electron chi connectivity index (χ1n) is 5.32. The van der Waals surface area contributed by atoms with Crippen LogP contribution in [0.4, 0.5) is 5.69 Å². The number of hydrogen-bond acceptors (Lipinski definition) is 4. The highest BCUT2D eigenvalue weighted by Gasteiger charge is 2.23. The molecule has 2 rings (SSSR count). The van der Waals surface area contributed by atoms with Crippen LogP contribution in [0, 0.1) is 0 Å². The van der Waals surface area contributed by atoms with Gasteiger partial charge in [-0.25, -0.2) is 8.42 Å². The van der Waals surface area contributed by atoms with E-state index in [1.807, 2.05) is 0 Å². The minimum Gasteiger partial charge on any atom is -0.325 e. The number of nitrogens with one attached hydrogen (secondary N) is 1. The van der Waals surface area contributed by atoms with Crippen molar-refractivity contribution < 1.29 is 13.2 Å². The number of carbonyl (C=O) groups excluding carboxylic acids is 1. The molecule has 1 unspecified atom stereocenters. The summed E-state index contributed by atoms with van der Waals surface area (Å²) in [6.45, 7) is 0. The summed E-state index contributed by atoms with van der Waals surface area (Å²) in [6.07, 6.45) is 1.39. The van der Waals surface area contributed by atoms with Crippen LogP contribution in [0.15, 0.2) is 12.1 Å². The molecule has 1 aliphatic heterocycles. The van der Waals surface area contributed by atoms with E-state index >= 15 is 0 Å². The third-order valence-corrected chi connectivity index (χ3v) is 4.02. The zero-order chi connectivity index (χ0) is 13.5. The summed E-state index contributed by atoms with van der Waals surface area (Å²) in [4.78, 5) is 11.2. The zero-order valence-electron chi connectivity index (χ0n) is 9.73. The summed E-state index contributed by atoms with van der Waals surface area (Å²) in [7, 11) is -3.18. The minimum atomic E-state index is -3.18. The van der Waals surface area contributed by atoms with Gasteiger partial charge in [-0.2, -0.15) is 0 Å². The number of benzene rings is 1. The van der Waals surface area contributed by atoms with Gasteiger partial charge in [-0.05, 0) is 17.2 Å². The number of carbonyl (C=O) groups is 1. The molecule has 0 aromatic heterocycles. The predicted octanol–water partition coefficient (Wildman–Crippen LogP) is 0.879. The van der Waals surface area contributed by atoms with Crippen molar-refractivity contribution in [3.05, 3.63) is 28.3 Å². The Morgan fingerprint density at radius 2 is 2.17 bits per heavy atom. The molecule has 1 amide bonds. The lowest BCUT2D eigenvalue weighted by atomic mass is 10.0. The lowest BCUT2D eigenvalue weighted by Gasteiger charge is -2.14. The summed E-state index contributed by atoms with van der Waals surface area (Å²) in [5, 5.41) is 3.04. The van der Waals surface area contributed by atoms with Gasteiger partial charge in [0.15, 0.2) is 0 Å². The van der Waals surface area contributed by atoms with Crippen LogP contribution in [0.2, 0.25) is 5.02 Å². The molecule has 1 atom stereocenters. The molecule has 1 aliphatic rings. The van der Waals surface area contributed by atoms with Crippen molar-refractivity contribution >= 4 is 33.0 Å². The summed E-state index contributed by atoms with van der Waals surface area (Å²) >= 11 is 6.05. The lowest BCUT2D eigenvalue weighted by molar-refractivity contribution is -0.115. The Kier molecular flexibility index (Phi) is 3.35. The molecule has 0 saturated heterocycles. The standard InChI is InChI=1S/C11H13ClN2O3S/c1-18(16,17)5-9(13)7-2-6-3-11(15)14-10(6)4-8(7)12/h2,4,9H,3,5,13H2,1H3,(H,14,15). The monoisotopic (exact) mass is 288 g/mol. The third kappa shape index (κ3) is 2.82. The van der Waals surface area contributed by atoms with Crippen LogP contribution in [0.1, 0.15) is 17.2 Å². The van der Waals surface area contributed by atoms with Crippen molar-refractivity contribution in [2.45, 2.75) is 12.5 Å². The number of halogens is 1. The van der Waals surface area contributed by atoms with Gasteiger partial charge in [0.1, 0.15) is 9.84 Å². The van der Waals surface area contributed by atoms with Crippen molar-refractivity contribution in [1.29, 1.82) is 0 Å². The summed E-state index contributed by atoms with van der Waals surface area (Å²) in [5.74, 6) is -0.276. The molecular weight excluding hydrogens is 276 g/mol. The van der Waals surface area contributed by atoms with Crippen LogP contribution < -0.4 is 11.1 Å². The fraction of sp³-hybridized carbons (Fsp3) is 0.364. The maximum absolute atomic E-state index is 11.2. The van der Waals surface area contributed by atoms with Gasteiger partial charge in [-0.3, -0.25) is 4.79 Å². The predicted molar refractivity (Wildman–Crippen MR) is 70.4 cm³/mol. The Morgan fingerprint density at radius 3 is 2.78 bits per heavy atom. The van der Waals surface area contributed by atoms with Gasteiger partial charge in [0.25, 0.3) is 0 Å². The molecule has 3 N–H and O–H groups in total. The van der Waals surface area contributed by atoms with Gasteiger partial charge >= 0.3 is 0 Å². The summed E-state index contributed by atoms with van der Waals surface area (Å²) < 4.78 is 22.4. The van der Waals surface area contributed by atoms with Gasteiger partial charge in [-0.1, -0.05) is 17.7 Å². The molecule has 98 valence electrons. The van der Waals surface area contributed by atoms with E-state index in [2.05, 4.69) is 5.32 Å². The summed E-state index contributed by atoms with van der Waals surface area (Å²) in [6, 6.07) is 2.62. The fourth-order valence-electron chi connectivity index (χ4n) is 1.97. The first kappa shape index (κ1) is 13.3. The van der Waals surface area contributed by atoms with Gasteiger partial charge in [0.05, 0.1) is 12.2 Å². The molecular formula is C11H13ClN2O3S. The van der Waals surface area contributed by atoms with Crippen molar-refractivity contribution in [1.82, 2.24) is 0 Å². The largest absolute Gasteiger partial charge is 0.325 e. The SMILES string of the molecule is CS(=O)(=O)CC(N)c1cc2c(cc1Cl)NC(=O)C2. The molecule has 0 saturated carbocycles. The minimum absolute atomic E-state index is 0.102. The van der Waals surface area contributed by atoms with Crippen LogP contribution in [-0.2, 0) is 21.1 Å².